The summed E-state index contributed by atoms with van der Waals surface area (Å²) in [6.07, 6.45) is 3.49. The SMILES string of the molecule is CCCCOc1ccccc1C1C(C(=O)OCC)=C(C)Nc2ncnn21. The van der Waals surface area contributed by atoms with Crippen LogP contribution in [0.2, 0.25) is 0 Å². The van der Waals surface area contributed by atoms with Crippen molar-refractivity contribution in [2.45, 2.75) is 39.7 Å². The molecule has 0 saturated carbocycles. The highest BCUT2D eigenvalue weighted by Gasteiger charge is 2.35. The molecule has 0 fully saturated rings. The van der Waals surface area contributed by atoms with Crippen LogP contribution in [0, 0.1) is 0 Å². The minimum Gasteiger partial charge on any atom is -0.493 e. The van der Waals surface area contributed by atoms with E-state index in [1.54, 1.807) is 11.6 Å². The number of hydrogen-bond donors (Lipinski definition) is 1. The summed E-state index contributed by atoms with van der Waals surface area (Å²) in [5.74, 6) is 0.958. The lowest BCUT2D eigenvalue weighted by molar-refractivity contribution is -0.139. The largest absolute Gasteiger partial charge is 0.493 e. The summed E-state index contributed by atoms with van der Waals surface area (Å²) < 4.78 is 13.0. The highest BCUT2D eigenvalue weighted by molar-refractivity contribution is 5.92. The second-order valence-corrected chi connectivity index (χ2v) is 6.05. The Labute approximate surface area is 153 Å². The summed E-state index contributed by atoms with van der Waals surface area (Å²) in [6.45, 7) is 6.69. The predicted molar refractivity (Wildman–Crippen MR) is 98.0 cm³/mol. The van der Waals surface area contributed by atoms with E-state index in [1.165, 1.54) is 6.33 Å². The van der Waals surface area contributed by atoms with Gasteiger partial charge in [-0.1, -0.05) is 31.5 Å². The molecule has 0 spiro atoms. The molecule has 0 saturated heterocycles. The van der Waals surface area contributed by atoms with Gasteiger partial charge in [-0.3, -0.25) is 0 Å². The van der Waals surface area contributed by atoms with Crippen molar-refractivity contribution in [3.05, 3.63) is 47.4 Å². The third kappa shape index (κ3) is 3.42. The minimum absolute atomic E-state index is 0.307. The Balaban J connectivity index is 2.07. The first-order chi connectivity index (χ1) is 12.7. The molecule has 0 amide bonds. The topological polar surface area (TPSA) is 78.3 Å². The Hall–Kier alpha value is -2.83. The van der Waals surface area contributed by atoms with Crippen LogP contribution in [0.5, 0.6) is 5.75 Å². The zero-order chi connectivity index (χ0) is 18.5. The molecule has 0 bridgehead atoms. The second kappa shape index (κ2) is 8.03. The quantitative estimate of drug-likeness (QED) is 0.606. The number of nitrogens with one attached hydrogen (secondary N) is 1. The molecule has 0 radical (unpaired) electrons. The molecule has 1 aromatic carbocycles. The van der Waals surface area contributed by atoms with Crippen LogP contribution >= 0.6 is 0 Å². The number of esters is 1. The summed E-state index contributed by atoms with van der Waals surface area (Å²) in [6, 6.07) is 7.27. The van der Waals surface area contributed by atoms with E-state index >= 15 is 0 Å². The van der Waals surface area contributed by atoms with Crippen molar-refractivity contribution in [2.24, 2.45) is 0 Å². The Kier molecular flexibility index (Phi) is 5.55. The minimum atomic E-state index is -0.453. The maximum absolute atomic E-state index is 12.7. The van der Waals surface area contributed by atoms with Crippen molar-refractivity contribution in [3.8, 4) is 5.75 Å². The lowest BCUT2D eigenvalue weighted by atomic mass is 9.95. The Morgan fingerprint density at radius 3 is 2.88 bits per heavy atom. The number of rotatable bonds is 7. The molecule has 0 aliphatic carbocycles. The smallest absolute Gasteiger partial charge is 0.338 e. The van der Waals surface area contributed by atoms with Crippen molar-refractivity contribution in [2.75, 3.05) is 18.5 Å². The fourth-order valence-corrected chi connectivity index (χ4v) is 3.02. The van der Waals surface area contributed by atoms with Crippen LogP contribution in [0.25, 0.3) is 0 Å². The molecule has 26 heavy (non-hydrogen) atoms. The summed E-state index contributed by atoms with van der Waals surface area (Å²) in [5.41, 5.74) is 2.08. The molecular formula is C19H24N4O3. The fourth-order valence-electron chi connectivity index (χ4n) is 3.02. The number of ether oxygens (including phenoxy) is 2. The van der Waals surface area contributed by atoms with Gasteiger partial charge < -0.3 is 14.8 Å². The molecule has 7 heteroatoms. The van der Waals surface area contributed by atoms with Gasteiger partial charge in [0, 0.05) is 11.3 Å². The van der Waals surface area contributed by atoms with Crippen molar-refractivity contribution in [1.82, 2.24) is 14.8 Å². The zero-order valence-electron chi connectivity index (χ0n) is 15.4. The number of anilines is 1. The van der Waals surface area contributed by atoms with E-state index in [1.807, 2.05) is 31.2 Å². The first kappa shape index (κ1) is 18.0. The normalized spacial score (nSPS) is 16.0. The first-order valence-corrected chi connectivity index (χ1v) is 8.93. The number of hydrogen-bond acceptors (Lipinski definition) is 6. The zero-order valence-corrected chi connectivity index (χ0v) is 15.4. The Morgan fingerprint density at radius 2 is 2.12 bits per heavy atom. The van der Waals surface area contributed by atoms with E-state index in [-0.39, 0.29) is 5.97 Å². The number of unbranched alkanes of at least 4 members (excludes halogenated alkanes) is 1. The van der Waals surface area contributed by atoms with Crippen molar-refractivity contribution in [3.63, 3.8) is 0 Å². The molecule has 1 atom stereocenters. The molecule has 1 aliphatic rings. The molecular weight excluding hydrogens is 332 g/mol. The maximum Gasteiger partial charge on any atom is 0.338 e. The van der Waals surface area contributed by atoms with Gasteiger partial charge in [0.05, 0.1) is 18.8 Å². The standard InChI is InChI=1S/C19H24N4O3/c1-4-6-11-26-15-10-8-7-9-14(15)17-16(18(24)25-5-2)13(3)22-19-20-12-21-23(17)19/h7-10,12,17H,4-6,11H2,1-3H3,(H,20,21,22). The van der Waals surface area contributed by atoms with E-state index in [0.29, 0.717) is 30.4 Å². The van der Waals surface area contributed by atoms with Gasteiger partial charge in [0.25, 0.3) is 0 Å². The summed E-state index contributed by atoms with van der Waals surface area (Å²) in [7, 11) is 0. The van der Waals surface area contributed by atoms with Crippen LogP contribution < -0.4 is 10.1 Å². The van der Waals surface area contributed by atoms with Gasteiger partial charge >= 0.3 is 5.97 Å². The van der Waals surface area contributed by atoms with Crippen LogP contribution in [0.1, 0.15) is 45.2 Å². The molecule has 7 nitrogen and oxygen atoms in total. The van der Waals surface area contributed by atoms with E-state index in [9.17, 15) is 4.79 Å². The number of para-hydroxylation sites is 1. The lowest BCUT2D eigenvalue weighted by Crippen LogP contribution is -2.30. The number of aromatic nitrogens is 3. The van der Waals surface area contributed by atoms with Crippen LogP contribution in [-0.4, -0.2) is 33.9 Å². The van der Waals surface area contributed by atoms with E-state index in [0.717, 1.165) is 24.2 Å². The van der Waals surface area contributed by atoms with Gasteiger partial charge in [-0.2, -0.15) is 10.1 Å². The highest BCUT2D eigenvalue weighted by atomic mass is 16.5. The van der Waals surface area contributed by atoms with Crippen molar-refractivity contribution < 1.29 is 14.3 Å². The second-order valence-electron chi connectivity index (χ2n) is 6.05. The molecule has 3 rings (SSSR count). The van der Waals surface area contributed by atoms with Gasteiger partial charge in [-0.05, 0) is 26.3 Å². The summed E-state index contributed by atoms with van der Waals surface area (Å²) in [5, 5.41) is 7.45. The molecule has 2 heterocycles. The number of nitrogens with zero attached hydrogens (tertiary/aromatic N) is 3. The average molecular weight is 356 g/mol. The average Bonchev–Trinajstić information content (AvgIpc) is 3.09. The number of benzene rings is 1. The Bertz CT molecular complexity index is 813. The molecule has 1 unspecified atom stereocenters. The van der Waals surface area contributed by atoms with Gasteiger partial charge in [0.2, 0.25) is 5.95 Å². The third-order valence-electron chi connectivity index (χ3n) is 4.26. The predicted octanol–water partition coefficient (Wildman–Crippen LogP) is 3.31. The van der Waals surface area contributed by atoms with Crippen LogP contribution in [-0.2, 0) is 9.53 Å². The molecule has 1 N–H and O–H groups in total. The lowest BCUT2D eigenvalue weighted by Gasteiger charge is -2.29. The van der Waals surface area contributed by atoms with Gasteiger partial charge in [-0.25, -0.2) is 9.48 Å². The van der Waals surface area contributed by atoms with Gasteiger partial charge in [-0.15, -0.1) is 0 Å². The van der Waals surface area contributed by atoms with E-state index in [4.69, 9.17) is 9.47 Å². The monoisotopic (exact) mass is 356 g/mol. The fraction of sp³-hybridized carbons (Fsp3) is 0.421. The number of allylic oxidation sites excluding steroid dienone is 1. The number of fused-ring (bicyclic) bond motifs is 1. The summed E-state index contributed by atoms with van der Waals surface area (Å²) in [4.78, 5) is 16.9. The number of carbonyl (C=O) groups is 1. The maximum atomic E-state index is 12.7. The van der Waals surface area contributed by atoms with Crippen molar-refractivity contribution >= 4 is 11.9 Å². The van der Waals surface area contributed by atoms with Crippen LogP contribution in [0.15, 0.2) is 41.9 Å². The number of carbonyl (C=O) groups excluding carboxylic acids is 1. The van der Waals surface area contributed by atoms with Gasteiger partial charge in [0.15, 0.2) is 0 Å². The van der Waals surface area contributed by atoms with Crippen molar-refractivity contribution in [1.29, 1.82) is 0 Å². The molecule has 1 aromatic heterocycles. The molecule has 138 valence electrons. The van der Waals surface area contributed by atoms with Gasteiger partial charge in [0.1, 0.15) is 18.1 Å². The van der Waals surface area contributed by atoms with E-state index < -0.39 is 6.04 Å². The molecule has 1 aliphatic heterocycles. The van der Waals surface area contributed by atoms with Crippen LogP contribution in [0.4, 0.5) is 5.95 Å². The third-order valence-corrected chi connectivity index (χ3v) is 4.26. The first-order valence-electron chi connectivity index (χ1n) is 8.93. The highest BCUT2D eigenvalue weighted by Crippen LogP contribution is 2.39. The van der Waals surface area contributed by atoms with E-state index in [2.05, 4.69) is 22.3 Å². The molecule has 2 aromatic rings. The summed E-state index contributed by atoms with van der Waals surface area (Å²) >= 11 is 0. The Morgan fingerprint density at radius 1 is 1.31 bits per heavy atom. The van der Waals surface area contributed by atoms with Crippen LogP contribution in [0.3, 0.4) is 0 Å².